The molecule has 0 saturated heterocycles. The Bertz CT molecular complexity index is 603. The lowest BCUT2D eigenvalue weighted by molar-refractivity contribution is 0.475. The highest BCUT2D eigenvalue weighted by molar-refractivity contribution is 6.37. The summed E-state index contributed by atoms with van der Waals surface area (Å²) in [6.45, 7) is 3.40. The van der Waals surface area contributed by atoms with Crippen LogP contribution >= 0.6 is 23.2 Å². The van der Waals surface area contributed by atoms with Crippen LogP contribution in [0, 0.1) is 0 Å². The molecule has 0 aliphatic heterocycles. The minimum Gasteiger partial charge on any atom is -0.508 e. The zero-order chi connectivity index (χ0) is 15.2. The van der Waals surface area contributed by atoms with Crippen LogP contribution in [-0.2, 0) is 6.42 Å². The fourth-order valence-electron chi connectivity index (χ4n) is 1.87. The number of anilines is 2. The second-order valence-corrected chi connectivity index (χ2v) is 5.34. The first-order valence-corrected chi connectivity index (χ1v) is 7.47. The number of nitrogens with one attached hydrogen (secondary N) is 2. The van der Waals surface area contributed by atoms with Crippen molar-refractivity contribution in [2.75, 3.05) is 23.7 Å². The van der Waals surface area contributed by atoms with Gasteiger partial charge in [0.2, 0.25) is 0 Å². The molecule has 112 valence electrons. The molecule has 0 fully saturated rings. The Hall–Kier alpha value is -1.65. The summed E-state index contributed by atoms with van der Waals surface area (Å²) in [5.41, 5.74) is 1.12. The third-order valence-corrected chi connectivity index (χ3v) is 3.49. The highest BCUT2D eigenvalue weighted by Gasteiger charge is 2.08. The van der Waals surface area contributed by atoms with Gasteiger partial charge >= 0.3 is 0 Å². The van der Waals surface area contributed by atoms with Gasteiger partial charge in [0.05, 0.1) is 10.0 Å². The monoisotopic (exact) mass is 325 g/mol. The van der Waals surface area contributed by atoms with Crippen molar-refractivity contribution >= 4 is 34.8 Å². The number of halogens is 2. The van der Waals surface area contributed by atoms with Gasteiger partial charge in [0.15, 0.2) is 0 Å². The normalized spacial score (nSPS) is 10.4. The van der Waals surface area contributed by atoms with Crippen LogP contribution in [0.15, 0.2) is 30.3 Å². The lowest BCUT2D eigenvalue weighted by atomic mass is 10.1. The van der Waals surface area contributed by atoms with Gasteiger partial charge in [0.1, 0.15) is 17.4 Å². The van der Waals surface area contributed by atoms with E-state index in [4.69, 9.17) is 23.2 Å². The van der Waals surface area contributed by atoms with Crippen LogP contribution in [0.3, 0.4) is 0 Å². The van der Waals surface area contributed by atoms with Crippen LogP contribution in [0.2, 0.25) is 10.0 Å². The highest BCUT2D eigenvalue weighted by atomic mass is 35.5. The van der Waals surface area contributed by atoms with Gasteiger partial charge in [-0.15, -0.1) is 0 Å². The van der Waals surface area contributed by atoms with Gasteiger partial charge in [0.25, 0.3) is 0 Å². The summed E-state index contributed by atoms with van der Waals surface area (Å²) in [6, 6.07) is 8.80. The fourth-order valence-corrected chi connectivity index (χ4v) is 2.36. The van der Waals surface area contributed by atoms with Crippen LogP contribution in [0.1, 0.15) is 12.5 Å². The number of aromatic nitrogens is 1. The van der Waals surface area contributed by atoms with Crippen LogP contribution in [0.25, 0.3) is 0 Å². The summed E-state index contributed by atoms with van der Waals surface area (Å²) in [4.78, 5) is 4.38. The summed E-state index contributed by atoms with van der Waals surface area (Å²) in [5.74, 6) is 1.50. The molecule has 2 rings (SSSR count). The van der Waals surface area contributed by atoms with Gasteiger partial charge in [-0.3, -0.25) is 0 Å². The van der Waals surface area contributed by atoms with Crippen molar-refractivity contribution in [2.45, 2.75) is 13.3 Å². The molecular formula is C15H17Cl2N3O. The van der Waals surface area contributed by atoms with Gasteiger partial charge < -0.3 is 15.7 Å². The Morgan fingerprint density at radius 3 is 2.29 bits per heavy atom. The molecule has 21 heavy (non-hydrogen) atoms. The molecule has 0 aliphatic carbocycles. The van der Waals surface area contributed by atoms with E-state index in [1.54, 1.807) is 18.2 Å². The third kappa shape index (κ3) is 4.41. The molecule has 0 radical (unpaired) electrons. The van der Waals surface area contributed by atoms with E-state index < -0.39 is 0 Å². The summed E-state index contributed by atoms with van der Waals surface area (Å²) >= 11 is 12.2. The number of hydrogen-bond donors (Lipinski definition) is 3. The lowest BCUT2D eigenvalue weighted by Gasteiger charge is -2.11. The molecule has 6 heteroatoms. The molecule has 1 aromatic carbocycles. The SMILES string of the molecule is CCNc1nc(NCCc2ccc(O)cc2)c(Cl)cc1Cl. The maximum atomic E-state index is 9.24. The average molecular weight is 326 g/mol. The molecule has 0 bridgehead atoms. The molecule has 3 N–H and O–H groups in total. The minimum absolute atomic E-state index is 0.268. The largest absolute Gasteiger partial charge is 0.508 e. The number of phenols is 1. The van der Waals surface area contributed by atoms with Crippen LogP contribution in [-0.4, -0.2) is 23.2 Å². The first-order valence-electron chi connectivity index (χ1n) is 6.72. The lowest BCUT2D eigenvalue weighted by Crippen LogP contribution is -2.09. The van der Waals surface area contributed by atoms with Crippen LogP contribution in [0.4, 0.5) is 11.6 Å². The third-order valence-electron chi connectivity index (χ3n) is 2.92. The molecule has 0 amide bonds. The van der Waals surface area contributed by atoms with Gasteiger partial charge in [-0.2, -0.15) is 0 Å². The Morgan fingerprint density at radius 1 is 1.05 bits per heavy atom. The Morgan fingerprint density at radius 2 is 1.67 bits per heavy atom. The maximum Gasteiger partial charge on any atom is 0.147 e. The van der Waals surface area contributed by atoms with Crippen molar-refractivity contribution in [2.24, 2.45) is 0 Å². The highest BCUT2D eigenvalue weighted by Crippen LogP contribution is 2.29. The second kappa shape index (κ2) is 7.38. The number of phenolic OH excluding ortho intramolecular Hbond substituents is 1. The standard InChI is InChI=1S/C15H17Cl2N3O/c1-2-18-14-12(16)9-13(17)15(20-14)19-8-7-10-3-5-11(21)6-4-10/h3-6,9,21H,2,7-8H2,1H3,(H2,18,19,20). The van der Waals surface area contributed by atoms with Crippen LogP contribution in [0.5, 0.6) is 5.75 Å². The van der Waals surface area contributed by atoms with Crippen molar-refractivity contribution in [3.63, 3.8) is 0 Å². The summed E-state index contributed by atoms with van der Waals surface area (Å²) in [7, 11) is 0. The molecule has 2 aromatic rings. The molecule has 0 unspecified atom stereocenters. The average Bonchev–Trinajstić information content (AvgIpc) is 2.46. The van der Waals surface area contributed by atoms with E-state index in [1.807, 2.05) is 19.1 Å². The van der Waals surface area contributed by atoms with Crippen molar-refractivity contribution in [3.05, 3.63) is 45.9 Å². The maximum absolute atomic E-state index is 9.24. The minimum atomic E-state index is 0.268. The first-order chi connectivity index (χ1) is 10.1. The van der Waals surface area contributed by atoms with E-state index >= 15 is 0 Å². The van der Waals surface area contributed by atoms with E-state index in [-0.39, 0.29) is 5.75 Å². The molecule has 4 nitrogen and oxygen atoms in total. The van der Waals surface area contributed by atoms with E-state index in [1.165, 1.54) is 0 Å². The summed E-state index contributed by atoms with van der Waals surface area (Å²) < 4.78 is 0. The summed E-state index contributed by atoms with van der Waals surface area (Å²) in [5, 5.41) is 16.5. The Balaban J connectivity index is 1.99. The quantitative estimate of drug-likeness (QED) is 0.745. The van der Waals surface area contributed by atoms with E-state index in [0.717, 1.165) is 18.5 Å². The van der Waals surface area contributed by atoms with Gasteiger partial charge in [0, 0.05) is 13.1 Å². The number of aromatic hydroxyl groups is 1. The summed E-state index contributed by atoms with van der Waals surface area (Å²) in [6.07, 6.45) is 0.803. The fraction of sp³-hybridized carbons (Fsp3) is 0.267. The van der Waals surface area contributed by atoms with Gasteiger partial charge in [-0.25, -0.2) is 4.98 Å². The van der Waals surface area contributed by atoms with E-state index in [9.17, 15) is 5.11 Å². The second-order valence-electron chi connectivity index (χ2n) is 4.52. The molecule has 0 spiro atoms. The Labute approximate surface area is 134 Å². The van der Waals surface area contributed by atoms with E-state index in [2.05, 4.69) is 15.6 Å². The Kier molecular flexibility index (Phi) is 5.53. The molecular weight excluding hydrogens is 309 g/mol. The molecule has 1 aromatic heterocycles. The molecule has 0 atom stereocenters. The zero-order valence-electron chi connectivity index (χ0n) is 11.7. The van der Waals surface area contributed by atoms with E-state index in [0.29, 0.717) is 28.2 Å². The number of benzene rings is 1. The predicted octanol–water partition coefficient (Wildman–Crippen LogP) is 4.18. The van der Waals surface area contributed by atoms with Crippen molar-refractivity contribution < 1.29 is 5.11 Å². The topological polar surface area (TPSA) is 57.2 Å². The first kappa shape index (κ1) is 15.7. The zero-order valence-corrected chi connectivity index (χ0v) is 13.2. The van der Waals surface area contributed by atoms with Crippen molar-refractivity contribution in [1.29, 1.82) is 0 Å². The van der Waals surface area contributed by atoms with Crippen LogP contribution < -0.4 is 10.6 Å². The van der Waals surface area contributed by atoms with Crippen molar-refractivity contribution in [3.8, 4) is 5.75 Å². The number of pyridine rings is 1. The molecule has 0 aliphatic rings. The smallest absolute Gasteiger partial charge is 0.147 e. The number of rotatable bonds is 6. The number of hydrogen-bond acceptors (Lipinski definition) is 4. The van der Waals surface area contributed by atoms with Gasteiger partial charge in [-0.1, -0.05) is 35.3 Å². The predicted molar refractivity (Wildman–Crippen MR) is 88.7 cm³/mol. The molecule has 1 heterocycles. The number of nitrogens with zero attached hydrogens (tertiary/aromatic N) is 1. The van der Waals surface area contributed by atoms with Crippen molar-refractivity contribution in [1.82, 2.24) is 4.98 Å². The molecule has 0 saturated carbocycles. The van der Waals surface area contributed by atoms with Gasteiger partial charge in [-0.05, 0) is 37.1 Å².